The Balaban J connectivity index is 0.00000306. The highest BCUT2D eigenvalue weighted by Gasteiger charge is 2.28. The average molecular weight is 494 g/mol. The fourth-order valence-electron chi connectivity index (χ4n) is 3.95. The first-order chi connectivity index (χ1) is 15.4. The molecule has 0 atom stereocenters. The van der Waals surface area contributed by atoms with Crippen molar-refractivity contribution in [1.29, 1.82) is 0 Å². The lowest BCUT2D eigenvalue weighted by atomic mass is 9.91. The van der Waals surface area contributed by atoms with Crippen LogP contribution in [0.15, 0.2) is 42.6 Å². The zero-order valence-corrected chi connectivity index (χ0v) is 19.3. The predicted molar refractivity (Wildman–Crippen MR) is 126 cm³/mol. The topological polar surface area (TPSA) is 102 Å². The number of hydrogen-bond donors (Lipinski definition) is 2. The Morgan fingerprint density at radius 2 is 2.03 bits per heavy atom. The van der Waals surface area contributed by atoms with Crippen LogP contribution in [0.4, 0.5) is 15.8 Å². The maximum absolute atomic E-state index is 14.3. The van der Waals surface area contributed by atoms with Gasteiger partial charge in [0.2, 0.25) is 0 Å². The molecule has 1 fully saturated rings. The van der Waals surface area contributed by atoms with Crippen LogP contribution in [0.3, 0.4) is 0 Å². The molecule has 174 valence electrons. The van der Waals surface area contributed by atoms with Crippen LogP contribution in [0, 0.1) is 22.9 Å². The van der Waals surface area contributed by atoms with Crippen molar-refractivity contribution in [1.82, 2.24) is 15.1 Å². The average Bonchev–Trinajstić information content (AvgIpc) is 3.22. The lowest BCUT2D eigenvalue weighted by molar-refractivity contribution is -0.384. The Kier molecular flexibility index (Phi) is 7.68. The molecule has 2 aromatic carbocycles. The molecule has 2 N–H and O–H groups in total. The summed E-state index contributed by atoms with van der Waals surface area (Å²) in [6.45, 7) is 3.47. The van der Waals surface area contributed by atoms with Crippen molar-refractivity contribution in [2.24, 2.45) is 0 Å². The second kappa shape index (κ2) is 10.3. The summed E-state index contributed by atoms with van der Waals surface area (Å²) in [4.78, 5) is 23.6. The maximum Gasteiger partial charge on any atom is 0.271 e. The summed E-state index contributed by atoms with van der Waals surface area (Å²) in [7, 11) is 0. The van der Waals surface area contributed by atoms with E-state index in [1.54, 1.807) is 10.7 Å². The van der Waals surface area contributed by atoms with E-state index in [1.165, 1.54) is 6.20 Å². The van der Waals surface area contributed by atoms with Crippen LogP contribution in [0.5, 0.6) is 0 Å². The number of carbonyl (C=O) groups is 1. The van der Waals surface area contributed by atoms with Gasteiger partial charge in [-0.25, -0.2) is 9.07 Å². The molecule has 11 heteroatoms. The van der Waals surface area contributed by atoms with Crippen LogP contribution in [0.25, 0.3) is 5.69 Å². The summed E-state index contributed by atoms with van der Waals surface area (Å²) in [6, 6.07) is 8.48. The summed E-state index contributed by atoms with van der Waals surface area (Å²) in [5.74, 6) is -1.29. The Bertz CT molecular complexity index is 1190. The van der Waals surface area contributed by atoms with Crippen molar-refractivity contribution in [2.75, 3.05) is 18.4 Å². The van der Waals surface area contributed by atoms with Crippen molar-refractivity contribution in [3.8, 4) is 5.69 Å². The number of nitro benzene ring substituents is 1. The van der Waals surface area contributed by atoms with Gasteiger partial charge in [0.1, 0.15) is 5.82 Å². The van der Waals surface area contributed by atoms with Gasteiger partial charge in [-0.05, 0) is 56.6 Å². The fraction of sp³-hybridized carbons (Fsp3) is 0.273. The Morgan fingerprint density at radius 3 is 2.73 bits per heavy atom. The van der Waals surface area contributed by atoms with Gasteiger partial charge in [0.15, 0.2) is 0 Å². The SMILES string of the molecule is Cc1c(Cl)cccc1-n1ncc(C(=O)Nc2cc([N+](=O)[O-])ccc2F)c1C1CCNCC1.Cl. The van der Waals surface area contributed by atoms with Crippen LogP contribution in [-0.4, -0.2) is 33.7 Å². The van der Waals surface area contributed by atoms with Crippen molar-refractivity contribution in [3.63, 3.8) is 0 Å². The Hall–Kier alpha value is -3.01. The Morgan fingerprint density at radius 1 is 1.30 bits per heavy atom. The molecular weight excluding hydrogens is 472 g/mol. The van der Waals surface area contributed by atoms with Gasteiger partial charge in [-0.15, -0.1) is 12.4 Å². The molecule has 1 aromatic heterocycles. The van der Waals surface area contributed by atoms with Gasteiger partial charge in [0, 0.05) is 23.1 Å². The molecule has 0 aliphatic carbocycles. The third kappa shape index (κ3) is 5.00. The Labute approximate surface area is 200 Å². The van der Waals surface area contributed by atoms with E-state index >= 15 is 0 Å². The van der Waals surface area contributed by atoms with Gasteiger partial charge in [-0.2, -0.15) is 5.10 Å². The molecule has 2 heterocycles. The number of aromatic nitrogens is 2. The monoisotopic (exact) mass is 493 g/mol. The first kappa shape index (κ1) is 24.6. The smallest absolute Gasteiger partial charge is 0.271 e. The van der Waals surface area contributed by atoms with E-state index in [4.69, 9.17) is 11.6 Å². The quantitative estimate of drug-likeness (QED) is 0.383. The zero-order chi connectivity index (χ0) is 22.8. The number of nitro groups is 1. The number of carbonyl (C=O) groups excluding carboxylic acids is 1. The van der Waals surface area contributed by atoms with E-state index in [0.29, 0.717) is 16.3 Å². The van der Waals surface area contributed by atoms with Crippen LogP contribution < -0.4 is 10.6 Å². The molecule has 1 aliphatic heterocycles. The van der Waals surface area contributed by atoms with Gasteiger partial charge in [-0.1, -0.05) is 17.7 Å². The first-order valence-electron chi connectivity index (χ1n) is 10.2. The van der Waals surface area contributed by atoms with E-state index < -0.39 is 16.6 Å². The van der Waals surface area contributed by atoms with Gasteiger partial charge >= 0.3 is 0 Å². The summed E-state index contributed by atoms with van der Waals surface area (Å²) in [5.41, 5.74) is 2.01. The van der Waals surface area contributed by atoms with Crippen LogP contribution in [0.2, 0.25) is 5.02 Å². The predicted octanol–water partition coefficient (Wildman–Crippen LogP) is 5.02. The van der Waals surface area contributed by atoms with Crippen molar-refractivity contribution < 1.29 is 14.1 Å². The maximum atomic E-state index is 14.3. The van der Waals surface area contributed by atoms with Crippen LogP contribution in [-0.2, 0) is 0 Å². The third-order valence-corrected chi connectivity index (χ3v) is 6.06. The van der Waals surface area contributed by atoms with E-state index in [2.05, 4.69) is 15.7 Å². The molecule has 4 rings (SSSR count). The molecular formula is C22H22Cl2FN5O3. The number of anilines is 1. The zero-order valence-electron chi connectivity index (χ0n) is 17.7. The van der Waals surface area contributed by atoms with Crippen LogP contribution >= 0.6 is 24.0 Å². The van der Waals surface area contributed by atoms with Crippen molar-refractivity contribution in [3.05, 3.63) is 80.4 Å². The second-order valence-electron chi connectivity index (χ2n) is 7.64. The summed E-state index contributed by atoms with van der Waals surface area (Å²) in [5, 5.41) is 21.9. The molecule has 0 spiro atoms. The molecule has 1 aliphatic rings. The second-order valence-corrected chi connectivity index (χ2v) is 8.05. The standard InChI is InChI=1S/C22H21ClFN5O3.ClH/c1-13-17(23)3-2-4-20(13)28-21(14-7-9-25-10-8-14)16(12-26-28)22(30)27-19-11-15(29(31)32)5-6-18(19)24;/h2-6,11-12,14,25H,7-10H2,1H3,(H,27,30);1H. The highest BCUT2D eigenvalue weighted by atomic mass is 35.5. The molecule has 0 radical (unpaired) electrons. The number of piperidine rings is 1. The third-order valence-electron chi connectivity index (χ3n) is 5.65. The minimum absolute atomic E-state index is 0. The number of non-ortho nitro benzene ring substituents is 1. The number of rotatable bonds is 5. The van der Waals surface area contributed by atoms with Gasteiger partial charge in [-0.3, -0.25) is 14.9 Å². The highest BCUT2D eigenvalue weighted by molar-refractivity contribution is 6.31. The molecule has 33 heavy (non-hydrogen) atoms. The lowest BCUT2D eigenvalue weighted by Crippen LogP contribution is -2.29. The van der Waals surface area contributed by atoms with E-state index in [1.807, 2.05) is 19.1 Å². The molecule has 0 saturated carbocycles. The van der Waals surface area contributed by atoms with E-state index in [-0.39, 0.29) is 29.7 Å². The van der Waals surface area contributed by atoms with Crippen molar-refractivity contribution >= 4 is 41.3 Å². The summed E-state index contributed by atoms with van der Waals surface area (Å²) >= 11 is 6.31. The minimum Gasteiger partial charge on any atom is -0.319 e. The number of nitrogens with one attached hydrogen (secondary N) is 2. The molecule has 1 amide bonds. The fourth-order valence-corrected chi connectivity index (χ4v) is 4.12. The van der Waals surface area contributed by atoms with E-state index in [9.17, 15) is 19.3 Å². The number of hydrogen-bond acceptors (Lipinski definition) is 5. The minimum atomic E-state index is -0.759. The van der Waals surface area contributed by atoms with Gasteiger partial charge in [0.25, 0.3) is 11.6 Å². The first-order valence-corrected chi connectivity index (χ1v) is 10.5. The largest absolute Gasteiger partial charge is 0.319 e. The molecule has 1 saturated heterocycles. The normalized spacial score (nSPS) is 13.9. The van der Waals surface area contributed by atoms with Gasteiger partial charge < -0.3 is 10.6 Å². The molecule has 0 bridgehead atoms. The number of nitrogens with zero attached hydrogens (tertiary/aromatic N) is 3. The lowest BCUT2D eigenvalue weighted by Gasteiger charge is -2.25. The number of benzene rings is 2. The van der Waals surface area contributed by atoms with Crippen molar-refractivity contribution in [2.45, 2.75) is 25.7 Å². The highest BCUT2D eigenvalue weighted by Crippen LogP contribution is 2.33. The number of halogens is 3. The molecule has 3 aromatic rings. The molecule has 0 unspecified atom stereocenters. The van der Waals surface area contributed by atoms with Gasteiger partial charge in [0.05, 0.1) is 33.8 Å². The van der Waals surface area contributed by atoms with E-state index in [0.717, 1.165) is 55.4 Å². The summed E-state index contributed by atoms with van der Waals surface area (Å²) < 4.78 is 16.0. The number of amides is 1. The summed E-state index contributed by atoms with van der Waals surface area (Å²) in [6.07, 6.45) is 3.05. The molecule has 8 nitrogen and oxygen atoms in total. The van der Waals surface area contributed by atoms with Crippen LogP contribution in [0.1, 0.15) is 40.4 Å².